The number of alkyl halides is 1. The van der Waals surface area contributed by atoms with Gasteiger partial charge in [0.1, 0.15) is 17.1 Å². The maximum Gasteiger partial charge on any atom is 0.202 e. The van der Waals surface area contributed by atoms with Crippen LogP contribution in [0.1, 0.15) is 63.4 Å². The van der Waals surface area contributed by atoms with Gasteiger partial charge in [0, 0.05) is 17.2 Å². The fourth-order valence-corrected chi connectivity index (χ4v) is 4.09. The zero-order chi connectivity index (χ0) is 22.7. The number of carbonyl (C=O) groups is 2. The van der Waals surface area contributed by atoms with Crippen LogP contribution in [-0.4, -0.2) is 32.3 Å². The molecule has 4 rings (SSSR count). The molecule has 0 spiro atoms. The van der Waals surface area contributed by atoms with Gasteiger partial charge in [-0.15, -0.1) is 11.6 Å². The molecule has 2 atom stereocenters. The van der Waals surface area contributed by atoms with Gasteiger partial charge in [-0.2, -0.15) is 0 Å². The number of fused-ring (bicyclic) bond motifs is 4. The molecule has 0 radical (unpaired) electrons. The number of carbonyl (C=O) groups excluding carboxylic acids is 2. The Morgan fingerprint density at radius 2 is 1.81 bits per heavy atom. The number of aliphatic hydroxyl groups excluding tert-OH is 1. The maximum atomic E-state index is 13.3. The molecule has 7 nitrogen and oxygen atoms in total. The Hall–Kier alpha value is -3.00. The van der Waals surface area contributed by atoms with Gasteiger partial charge in [0.05, 0.1) is 28.5 Å². The van der Waals surface area contributed by atoms with Crippen molar-refractivity contribution in [2.24, 2.45) is 0 Å². The third-order valence-corrected chi connectivity index (χ3v) is 6.44. The van der Waals surface area contributed by atoms with Crippen LogP contribution in [0.25, 0.3) is 11.0 Å². The third-order valence-electron chi connectivity index (χ3n) is 5.71. The van der Waals surface area contributed by atoms with E-state index in [4.69, 9.17) is 16.0 Å². The average molecular weight is 443 g/mol. The quantitative estimate of drug-likeness (QED) is 0.415. The molecule has 8 heteroatoms. The number of halogens is 1. The van der Waals surface area contributed by atoms with Crippen LogP contribution in [-0.2, 0) is 12.2 Å². The highest BCUT2D eigenvalue weighted by molar-refractivity contribution is 6.32. The van der Waals surface area contributed by atoms with Gasteiger partial charge in [-0.3, -0.25) is 14.4 Å². The van der Waals surface area contributed by atoms with Crippen molar-refractivity contribution in [3.8, 4) is 5.75 Å². The molecule has 1 unspecified atom stereocenters. The predicted octanol–water partition coefficient (Wildman–Crippen LogP) is 2.99. The van der Waals surface area contributed by atoms with Crippen molar-refractivity contribution < 1.29 is 29.3 Å². The van der Waals surface area contributed by atoms with Crippen LogP contribution in [0.5, 0.6) is 5.75 Å². The van der Waals surface area contributed by atoms with Gasteiger partial charge in [0.15, 0.2) is 16.8 Å². The molecule has 1 aromatic heterocycles. The third kappa shape index (κ3) is 3.00. The van der Waals surface area contributed by atoms with E-state index in [1.54, 1.807) is 6.92 Å². The van der Waals surface area contributed by atoms with E-state index in [9.17, 15) is 29.7 Å². The summed E-state index contributed by atoms with van der Waals surface area (Å²) in [4.78, 5) is 39.4. The second-order valence-electron chi connectivity index (χ2n) is 7.68. The molecule has 1 aliphatic rings. The molecule has 1 heterocycles. The second kappa shape index (κ2) is 7.30. The van der Waals surface area contributed by atoms with E-state index in [1.807, 2.05) is 0 Å². The minimum Gasteiger partial charge on any atom is -0.507 e. The van der Waals surface area contributed by atoms with Crippen LogP contribution in [0.2, 0.25) is 0 Å². The van der Waals surface area contributed by atoms with Gasteiger partial charge in [-0.25, -0.2) is 0 Å². The van der Waals surface area contributed by atoms with Crippen molar-refractivity contribution >= 4 is 34.1 Å². The van der Waals surface area contributed by atoms with E-state index in [1.165, 1.54) is 31.2 Å². The molecule has 0 fully saturated rings. The molecule has 0 saturated heterocycles. The van der Waals surface area contributed by atoms with Crippen molar-refractivity contribution in [2.45, 2.75) is 37.9 Å². The molecule has 2 aromatic carbocycles. The Morgan fingerprint density at radius 3 is 2.45 bits per heavy atom. The summed E-state index contributed by atoms with van der Waals surface area (Å²) in [5, 5.41) is 30.0. The fraction of sp³-hybridized carbons (Fsp3) is 0.261. The fourth-order valence-electron chi connectivity index (χ4n) is 3.98. The number of hydrogen-bond donors (Lipinski definition) is 3. The molecule has 0 bridgehead atoms. The number of aliphatic hydroxyl groups is 2. The van der Waals surface area contributed by atoms with Gasteiger partial charge >= 0.3 is 0 Å². The van der Waals surface area contributed by atoms with E-state index in [0.29, 0.717) is 6.42 Å². The Kier molecular flexibility index (Phi) is 5.00. The first kappa shape index (κ1) is 21.2. The van der Waals surface area contributed by atoms with Crippen LogP contribution < -0.4 is 5.43 Å². The summed E-state index contributed by atoms with van der Waals surface area (Å²) < 4.78 is 5.84. The highest BCUT2D eigenvalue weighted by Gasteiger charge is 2.38. The van der Waals surface area contributed by atoms with E-state index in [0.717, 1.165) is 6.07 Å². The summed E-state index contributed by atoms with van der Waals surface area (Å²) in [6, 6.07) is 6.50. The monoisotopic (exact) mass is 442 g/mol. The number of rotatable bonds is 4. The summed E-state index contributed by atoms with van der Waals surface area (Å²) >= 11 is 6.23. The van der Waals surface area contributed by atoms with Gasteiger partial charge in [-0.1, -0.05) is 19.1 Å². The van der Waals surface area contributed by atoms with E-state index in [-0.39, 0.29) is 50.3 Å². The van der Waals surface area contributed by atoms with Gasteiger partial charge in [0.2, 0.25) is 5.78 Å². The smallest absolute Gasteiger partial charge is 0.202 e. The van der Waals surface area contributed by atoms with Crippen molar-refractivity contribution in [3.63, 3.8) is 0 Å². The van der Waals surface area contributed by atoms with Crippen LogP contribution in [0.4, 0.5) is 0 Å². The summed E-state index contributed by atoms with van der Waals surface area (Å²) in [6.45, 7) is 2.55. The lowest BCUT2D eigenvalue weighted by atomic mass is 9.81. The Bertz CT molecular complexity index is 1320. The average Bonchev–Trinajstić information content (AvgIpc) is 2.75. The minimum absolute atomic E-state index is 0.0121. The van der Waals surface area contributed by atoms with E-state index < -0.39 is 34.6 Å². The highest BCUT2D eigenvalue weighted by Crippen LogP contribution is 2.39. The number of ketones is 2. The van der Waals surface area contributed by atoms with Crippen LogP contribution in [0.15, 0.2) is 39.5 Å². The van der Waals surface area contributed by atoms with Crippen molar-refractivity contribution in [2.75, 3.05) is 0 Å². The standard InChI is InChI=1S/C23H19ClO7/c1-3-15(24)23(2,30)16-8-14(27)17-10(9-25)7-12-19(22(17)31-16)21(29)18-11(20(12)28)5-4-6-13(18)26/h4-8,15,25-26,30H,3,9H2,1-2H3/t15?,23-/m1/s1. The molecule has 3 N–H and O–H groups in total. The molecular formula is C23H19ClO7. The van der Waals surface area contributed by atoms with Gasteiger partial charge < -0.3 is 19.7 Å². The first-order valence-corrected chi connectivity index (χ1v) is 10.1. The second-order valence-corrected chi connectivity index (χ2v) is 8.20. The van der Waals surface area contributed by atoms with Crippen LogP contribution in [0, 0.1) is 0 Å². The summed E-state index contributed by atoms with van der Waals surface area (Å²) in [7, 11) is 0. The number of phenols is 1. The molecule has 3 aromatic rings. The lowest BCUT2D eigenvalue weighted by Gasteiger charge is -2.27. The number of benzene rings is 2. The number of phenolic OH excluding ortho intramolecular Hbond substituents is 1. The first-order valence-electron chi connectivity index (χ1n) is 9.66. The Balaban J connectivity index is 2.14. The van der Waals surface area contributed by atoms with Crippen molar-refractivity contribution in [1.29, 1.82) is 0 Å². The molecule has 0 amide bonds. The highest BCUT2D eigenvalue weighted by atomic mass is 35.5. The van der Waals surface area contributed by atoms with Crippen molar-refractivity contribution in [1.82, 2.24) is 0 Å². The topological polar surface area (TPSA) is 125 Å². The van der Waals surface area contributed by atoms with E-state index in [2.05, 4.69) is 0 Å². The molecule has 1 aliphatic carbocycles. The lowest BCUT2D eigenvalue weighted by Crippen LogP contribution is -2.33. The Morgan fingerprint density at radius 1 is 1.10 bits per heavy atom. The Labute approximate surface area is 181 Å². The lowest BCUT2D eigenvalue weighted by molar-refractivity contribution is 0.0289. The minimum atomic E-state index is -1.74. The zero-order valence-corrected chi connectivity index (χ0v) is 17.5. The number of hydrogen-bond acceptors (Lipinski definition) is 7. The molecular weight excluding hydrogens is 424 g/mol. The largest absolute Gasteiger partial charge is 0.507 e. The summed E-state index contributed by atoms with van der Waals surface area (Å²) in [5.41, 5.74) is -2.92. The predicted molar refractivity (Wildman–Crippen MR) is 113 cm³/mol. The SMILES string of the molecule is CCC(Cl)[C@@](C)(O)c1cc(=O)c2c(CO)cc3c(c2o1)C(=O)c1c(O)cccc1C3=O. The summed E-state index contributed by atoms with van der Waals surface area (Å²) in [5.74, 6) is -1.80. The molecule has 0 aliphatic heterocycles. The van der Waals surface area contributed by atoms with Gasteiger partial charge in [0.25, 0.3) is 0 Å². The summed E-state index contributed by atoms with van der Waals surface area (Å²) in [6.07, 6.45) is 0.365. The molecule has 31 heavy (non-hydrogen) atoms. The first-order chi connectivity index (χ1) is 14.6. The number of aromatic hydroxyl groups is 1. The molecule has 0 saturated carbocycles. The van der Waals surface area contributed by atoms with Crippen molar-refractivity contribution in [3.05, 3.63) is 74.1 Å². The van der Waals surface area contributed by atoms with Gasteiger partial charge in [-0.05, 0) is 31.0 Å². The zero-order valence-electron chi connectivity index (χ0n) is 16.7. The van der Waals surface area contributed by atoms with Crippen LogP contribution >= 0.6 is 11.6 Å². The molecule has 160 valence electrons. The van der Waals surface area contributed by atoms with Crippen LogP contribution in [0.3, 0.4) is 0 Å². The van der Waals surface area contributed by atoms with E-state index >= 15 is 0 Å². The maximum absolute atomic E-state index is 13.3. The normalized spacial score (nSPS) is 16.0.